The first kappa shape index (κ1) is 12.0. The van der Waals surface area contributed by atoms with Crippen molar-refractivity contribution in [1.29, 1.82) is 0 Å². The molecule has 0 bridgehead atoms. The van der Waals surface area contributed by atoms with Crippen LogP contribution in [-0.2, 0) is 0 Å². The van der Waals surface area contributed by atoms with Crippen LogP contribution in [0.15, 0.2) is 12.1 Å². The van der Waals surface area contributed by atoms with Gasteiger partial charge < -0.3 is 10.2 Å². The molecule has 1 N–H and O–H groups in total. The van der Waals surface area contributed by atoms with E-state index < -0.39 is 0 Å². The second-order valence-corrected chi connectivity index (χ2v) is 5.75. The first-order valence-electron chi connectivity index (χ1n) is 7.44. The van der Waals surface area contributed by atoms with E-state index in [1.807, 2.05) is 12.1 Å². The molecule has 1 atom stereocenters. The highest BCUT2D eigenvalue weighted by Crippen LogP contribution is 2.27. The topological polar surface area (TPSA) is 71.2 Å². The van der Waals surface area contributed by atoms with Gasteiger partial charge in [-0.3, -0.25) is 0 Å². The summed E-state index contributed by atoms with van der Waals surface area (Å²) in [6.07, 6.45) is 5.17. The molecule has 2 aromatic heterocycles. The van der Waals surface area contributed by atoms with Gasteiger partial charge in [-0.1, -0.05) is 0 Å². The van der Waals surface area contributed by atoms with Crippen molar-refractivity contribution in [2.24, 2.45) is 5.92 Å². The summed E-state index contributed by atoms with van der Waals surface area (Å²) >= 11 is 0. The quantitative estimate of drug-likeness (QED) is 0.858. The number of rotatable bonds is 2. The van der Waals surface area contributed by atoms with E-state index in [1.165, 1.54) is 36.9 Å². The molecule has 0 amide bonds. The number of anilines is 1. The molecule has 2 saturated heterocycles. The lowest BCUT2D eigenvalue weighted by atomic mass is 9.88. The van der Waals surface area contributed by atoms with E-state index in [-0.39, 0.29) is 0 Å². The fraction of sp³-hybridized carbons (Fsp3) is 0.692. The van der Waals surface area contributed by atoms with Crippen LogP contribution in [0.25, 0.3) is 5.65 Å². The van der Waals surface area contributed by atoms with Crippen LogP contribution >= 0.6 is 0 Å². The Labute approximate surface area is 117 Å². The zero-order valence-electron chi connectivity index (χ0n) is 11.4. The molecule has 1 unspecified atom stereocenters. The highest BCUT2D eigenvalue weighted by Gasteiger charge is 2.28. The Hall–Kier alpha value is -1.76. The fourth-order valence-electron chi connectivity index (χ4n) is 3.45. The van der Waals surface area contributed by atoms with Crippen LogP contribution in [0.4, 0.5) is 5.82 Å². The first-order chi connectivity index (χ1) is 9.90. The fourth-order valence-corrected chi connectivity index (χ4v) is 3.45. The summed E-state index contributed by atoms with van der Waals surface area (Å²) in [5, 5.41) is 19.5. The van der Waals surface area contributed by atoms with Crippen LogP contribution in [0.2, 0.25) is 0 Å². The van der Waals surface area contributed by atoms with Crippen LogP contribution in [-0.4, -0.2) is 50.9 Å². The largest absolute Gasteiger partial charge is 0.355 e. The minimum Gasteiger partial charge on any atom is -0.355 e. The Morgan fingerprint density at radius 1 is 1.15 bits per heavy atom. The highest BCUT2D eigenvalue weighted by molar-refractivity contribution is 5.44. The van der Waals surface area contributed by atoms with Crippen LogP contribution in [0.1, 0.15) is 25.7 Å². The third-order valence-electron chi connectivity index (χ3n) is 4.59. The van der Waals surface area contributed by atoms with Gasteiger partial charge in [-0.15, -0.1) is 14.8 Å². The van der Waals surface area contributed by atoms with Gasteiger partial charge in [0.2, 0.25) is 0 Å². The maximum atomic E-state index is 4.47. The molecule has 0 aliphatic carbocycles. The van der Waals surface area contributed by atoms with Gasteiger partial charge in [0.15, 0.2) is 11.5 Å². The number of aromatic nitrogens is 5. The van der Waals surface area contributed by atoms with Crippen molar-refractivity contribution in [2.75, 3.05) is 24.5 Å². The van der Waals surface area contributed by atoms with Crippen molar-refractivity contribution in [3.05, 3.63) is 12.1 Å². The van der Waals surface area contributed by atoms with Crippen molar-refractivity contribution in [1.82, 2.24) is 30.6 Å². The minimum atomic E-state index is 0.693. The summed E-state index contributed by atoms with van der Waals surface area (Å²) < 4.78 is 1.50. The predicted molar refractivity (Wildman–Crippen MR) is 74.5 cm³/mol. The summed E-state index contributed by atoms with van der Waals surface area (Å²) in [6, 6.07) is 4.68. The standard InChI is InChI=1S/C13H19N7/c1-2-11(14-7-1)10-5-8-19(9-6-10)13-4-3-12-15-17-18-20(12)16-13/h3-4,10-11,14H,1-2,5-9H2. The van der Waals surface area contributed by atoms with Gasteiger partial charge in [-0.05, 0) is 60.7 Å². The summed E-state index contributed by atoms with van der Waals surface area (Å²) in [5.41, 5.74) is 0.693. The van der Waals surface area contributed by atoms with Crippen LogP contribution in [0.3, 0.4) is 0 Å². The Kier molecular flexibility index (Phi) is 2.99. The van der Waals surface area contributed by atoms with Crippen LogP contribution < -0.4 is 10.2 Å². The molecule has 0 saturated carbocycles. The van der Waals surface area contributed by atoms with E-state index in [1.54, 1.807) is 0 Å². The van der Waals surface area contributed by atoms with Gasteiger partial charge >= 0.3 is 0 Å². The molecule has 106 valence electrons. The summed E-state index contributed by atoms with van der Waals surface area (Å²) in [5.74, 6) is 1.80. The van der Waals surface area contributed by atoms with Gasteiger partial charge in [0.1, 0.15) is 0 Å². The lowest BCUT2D eigenvalue weighted by Gasteiger charge is -2.35. The molecule has 2 aliphatic heterocycles. The smallest absolute Gasteiger partial charge is 0.200 e. The summed E-state index contributed by atoms with van der Waals surface area (Å²) in [4.78, 5) is 2.34. The van der Waals surface area contributed by atoms with Gasteiger partial charge in [-0.25, -0.2) is 0 Å². The molecule has 0 aromatic carbocycles. The van der Waals surface area contributed by atoms with E-state index in [0.29, 0.717) is 5.65 Å². The monoisotopic (exact) mass is 273 g/mol. The van der Waals surface area contributed by atoms with E-state index in [9.17, 15) is 0 Å². The normalized spacial score (nSPS) is 24.6. The average Bonchev–Trinajstić information content (AvgIpc) is 3.18. The van der Waals surface area contributed by atoms with Crippen LogP contribution in [0, 0.1) is 5.92 Å². The Morgan fingerprint density at radius 2 is 2.05 bits per heavy atom. The van der Waals surface area contributed by atoms with Crippen molar-refractivity contribution in [3.8, 4) is 0 Å². The predicted octanol–water partition coefficient (Wildman–Crippen LogP) is 0.488. The number of tetrazole rings is 1. The van der Waals surface area contributed by atoms with Crippen molar-refractivity contribution in [3.63, 3.8) is 0 Å². The second kappa shape index (κ2) is 4.97. The molecule has 0 spiro atoms. The second-order valence-electron chi connectivity index (χ2n) is 5.75. The third kappa shape index (κ3) is 2.11. The molecule has 20 heavy (non-hydrogen) atoms. The highest BCUT2D eigenvalue weighted by atomic mass is 15.6. The zero-order chi connectivity index (χ0) is 13.4. The minimum absolute atomic E-state index is 0.693. The third-order valence-corrected chi connectivity index (χ3v) is 4.59. The number of nitrogens with one attached hydrogen (secondary N) is 1. The molecule has 7 nitrogen and oxygen atoms in total. The Balaban J connectivity index is 1.45. The number of hydrogen-bond donors (Lipinski definition) is 1. The molecule has 0 radical (unpaired) electrons. The van der Waals surface area contributed by atoms with E-state index in [2.05, 4.69) is 30.8 Å². The van der Waals surface area contributed by atoms with Gasteiger partial charge in [0.25, 0.3) is 0 Å². The molecule has 4 rings (SSSR count). The average molecular weight is 273 g/mol. The maximum Gasteiger partial charge on any atom is 0.200 e. The van der Waals surface area contributed by atoms with Crippen molar-refractivity contribution >= 4 is 11.5 Å². The molecular weight excluding hydrogens is 254 g/mol. The van der Waals surface area contributed by atoms with Gasteiger partial charge in [-0.2, -0.15) is 0 Å². The van der Waals surface area contributed by atoms with E-state index in [0.717, 1.165) is 30.9 Å². The molecule has 2 aromatic rings. The zero-order valence-corrected chi connectivity index (χ0v) is 11.4. The Bertz CT molecular complexity index is 581. The molecule has 2 fully saturated rings. The SMILES string of the molecule is c1cc2nnnn2nc1N1CCC(C2CCCN2)CC1. The lowest BCUT2D eigenvalue weighted by molar-refractivity contribution is 0.318. The summed E-state index contributed by atoms with van der Waals surface area (Å²) in [7, 11) is 0. The Morgan fingerprint density at radius 3 is 2.85 bits per heavy atom. The van der Waals surface area contributed by atoms with Crippen molar-refractivity contribution in [2.45, 2.75) is 31.7 Å². The van der Waals surface area contributed by atoms with Gasteiger partial charge in [0.05, 0.1) is 0 Å². The lowest BCUT2D eigenvalue weighted by Crippen LogP contribution is -2.41. The van der Waals surface area contributed by atoms with E-state index >= 15 is 0 Å². The number of hydrogen-bond acceptors (Lipinski definition) is 6. The summed E-state index contributed by atoms with van der Waals surface area (Å²) in [6.45, 7) is 3.34. The molecule has 4 heterocycles. The van der Waals surface area contributed by atoms with Crippen molar-refractivity contribution < 1.29 is 0 Å². The van der Waals surface area contributed by atoms with Gasteiger partial charge in [0, 0.05) is 19.1 Å². The van der Waals surface area contributed by atoms with Crippen LogP contribution in [0.5, 0.6) is 0 Å². The molecule has 7 heteroatoms. The number of fused-ring (bicyclic) bond motifs is 1. The number of piperidine rings is 1. The molecular formula is C13H19N7. The molecule has 2 aliphatic rings. The van der Waals surface area contributed by atoms with E-state index in [4.69, 9.17) is 0 Å². The number of nitrogens with zero attached hydrogens (tertiary/aromatic N) is 6. The first-order valence-corrected chi connectivity index (χ1v) is 7.44. The maximum absolute atomic E-state index is 4.47.